The van der Waals surface area contributed by atoms with Crippen molar-refractivity contribution in [2.75, 3.05) is 6.61 Å². The van der Waals surface area contributed by atoms with Gasteiger partial charge in [0.1, 0.15) is 23.7 Å². The third-order valence-corrected chi connectivity index (χ3v) is 5.91. The van der Waals surface area contributed by atoms with Crippen molar-refractivity contribution in [3.05, 3.63) is 82.3 Å². The van der Waals surface area contributed by atoms with E-state index >= 15 is 0 Å². The smallest absolute Gasteiger partial charge is 0.251 e. The lowest BCUT2D eigenvalue weighted by molar-refractivity contribution is -0.131. The Morgan fingerprint density at radius 1 is 1.25 bits per heavy atom. The second-order valence-corrected chi connectivity index (χ2v) is 8.62. The number of nitrogens with one attached hydrogen (secondary N) is 1. The molecular weight excluding hydrogens is 494 g/mol. The second kappa shape index (κ2) is 10.6. The second-order valence-electron chi connectivity index (χ2n) is 8.21. The first-order valence-corrected chi connectivity index (χ1v) is 11.4. The number of aliphatic hydroxyl groups excluding tert-OH is 2. The molecular formula is C25H23ClF2N4O4. The van der Waals surface area contributed by atoms with Gasteiger partial charge in [0.15, 0.2) is 11.9 Å². The molecule has 0 saturated heterocycles. The largest absolute Gasteiger partial charge is 0.487 e. The molecule has 2 aromatic carbocycles. The minimum Gasteiger partial charge on any atom is -0.487 e. The number of halogens is 3. The van der Waals surface area contributed by atoms with Crippen LogP contribution in [0.2, 0.25) is 5.02 Å². The van der Waals surface area contributed by atoms with Gasteiger partial charge in [-0.15, -0.1) is 0 Å². The highest BCUT2D eigenvalue weighted by Gasteiger charge is 2.22. The maximum absolute atomic E-state index is 14.2. The summed E-state index contributed by atoms with van der Waals surface area (Å²) in [4.78, 5) is 16.6. The van der Waals surface area contributed by atoms with Crippen molar-refractivity contribution < 1.29 is 28.5 Å². The van der Waals surface area contributed by atoms with Gasteiger partial charge in [0.05, 0.1) is 35.8 Å². The Hall–Kier alpha value is -3.60. The fourth-order valence-corrected chi connectivity index (χ4v) is 4.12. The molecule has 0 aliphatic rings. The normalized spacial score (nSPS) is 13.0. The van der Waals surface area contributed by atoms with Crippen molar-refractivity contribution in [3.8, 4) is 11.4 Å². The van der Waals surface area contributed by atoms with E-state index < -0.39 is 36.3 Å². The van der Waals surface area contributed by atoms with Crippen molar-refractivity contribution in [2.24, 2.45) is 0 Å². The van der Waals surface area contributed by atoms with Crippen LogP contribution in [0.25, 0.3) is 16.6 Å². The predicted octanol–water partition coefficient (Wildman–Crippen LogP) is 3.77. The number of aromatic nitrogens is 3. The Morgan fingerprint density at radius 2 is 2.03 bits per heavy atom. The Balaban J connectivity index is 1.68. The molecule has 0 aliphatic carbocycles. The van der Waals surface area contributed by atoms with Gasteiger partial charge in [-0.1, -0.05) is 23.7 Å². The van der Waals surface area contributed by atoms with E-state index in [9.17, 15) is 18.7 Å². The Kier molecular flexibility index (Phi) is 7.48. The third kappa shape index (κ3) is 5.30. The molecule has 0 bridgehead atoms. The van der Waals surface area contributed by atoms with E-state index in [2.05, 4.69) is 15.4 Å². The van der Waals surface area contributed by atoms with Crippen LogP contribution in [0.15, 0.2) is 48.8 Å². The van der Waals surface area contributed by atoms with Crippen LogP contribution < -0.4 is 10.1 Å². The summed E-state index contributed by atoms with van der Waals surface area (Å²) in [5, 5.41) is 25.9. The molecule has 1 amide bonds. The average Bonchev–Trinajstić information content (AvgIpc) is 3.28. The lowest BCUT2D eigenvalue weighted by Gasteiger charge is -2.21. The maximum atomic E-state index is 14.2. The monoisotopic (exact) mass is 516 g/mol. The number of aryl methyl sites for hydroxylation is 1. The summed E-state index contributed by atoms with van der Waals surface area (Å²) >= 11 is 6.34. The number of benzene rings is 2. The minimum atomic E-state index is -1.61. The Bertz CT molecular complexity index is 1430. The first kappa shape index (κ1) is 25.5. The number of aliphatic hydroxyl groups is 2. The van der Waals surface area contributed by atoms with Crippen molar-refractivity contribution in [1.29, 1.82) is 0 Å². The highest BCUT2D eigenvalue weighted by Crippen LogP contribution is 2.32. The summed E-state index contributed by atoms with van der Waals surface area (Å²) < 4.78 is 35.3. The Labute approximate surface area is 210 Å². The van der Waals surface area contributed by atoms with Gasteiger partial charge in [-0.2, -0.15) is 5.10 Å². The van der Waals surface area contributed by atoms with Gasteiger partial charge in [-0.25, -0.2) is 18.4 Å². The molecule has 4 aromatic rings. The van der Waals surface area contributed by atoms with Crippen molar-refractivity contribution >= 4 is 28.4 Å². The standard InChI is InChI=1S/C25H23ClF2N4O4/c1-13-6-21(32-10-16(28)9-29-32)17-4-3-5-23(24(17)30-13)36-12-19-18(7-15(27)8-20(19)26)14(2)31-25(35)22(34)11-33/h3-10,14,22,33-34H,11-12H2,1-2H3,(H,31,35)/t14-,22-/m0/s1. The molecule has 0 aliphatic heterocycles. The van der Waals surface area contributed by atoms with Gasteiger partial charge in [0.25, 0.3) is 5.91 Å². The van der Waals surface area contributed by atoms with Crippen LogP contribution in [0.1, 0.15) is 29.8 Å². The van der Waals surface area contributed by atoms with Gasteiger partial charge in [0, 0.05) is 16.6 Å². The van der Waals surface area contributed by atoms with Gasteiger partial charge >= 0.3 is 0 Å². The van der Waals surface area contributed by atoms with E-state index in [-0.39, 0.29) is 11.6 Å². The van der Waals surface area contributed by atoms with E-state index in [0.29, 0.717) is 39.2 Å². The van der Waals surface area contributed by atoms with Gasteiger partial charge in [-0.05, 0) is 43.7 Å². The van der Waals surface area contributed by atoms with Crippen LogP contribution in [0, 0.1) is 18.6 Å². The Morgan fingerprint density at radius 3 is 2.72 bits per heavy atom. The highest BCUT2D eigenvalue weighted by atomic mass is 35.5. The number of carbonyl (C=O) groups is 1. The lowest BCUT2D eigenvalue weighted by atomic mass is 10.0. The summed E-state index contributed by atoms with van der Waals surface area (Å²) in [5.41, 5.74) is 2.55. The first-order valence-electron chi connectivity index (χ1n) is 11.0. The minimum absolute atomic E-state index is 0.0856. The first-order chi connectivity index (χ1) is 17.2. The SMILES string of the molecule is Cc1cc(-n2cc(F)cn2)c2cccc(OCc3c(Cl)cc(F)cc3[C@H](C)NC(=O)[C@@H](O)CO)c2n1. The summed E-state index contributed by atoms with van der Waals surface area (Å²) in [5.74, 6) is -1.49. The van der Waals surface area contributed by atoms with Gasteiger partial charge in [0.2, 0.25) is 0 Å². The zero-order valence-corrected chi connectivity index (χ0v) is 20.1. The number of hydrogen-bond acceptors (Lipinski definition) is 6. The van der Waals surface area contributed by atoms with Crippen molar-refractivity contribution in [2.45, 2.75) is 32.6 Å². The van der Waals surface area contributed by atoms with Crippen molar-refractivity contribution in [1.82, 2.24) is 20.1 Å². The van der Waals surface area contributed by atoms with Crippen LogP contribution >= 0.6 is 11.6 Å². The molecule has 3 N–H and O–H groups in total. The molecule has 36 heavy (non-hydrogen) atoms. The number of fused-ring (bicyclic) bond motifs is 1. The van der Waals surface area contributed by atoms with E-state index in [1.54, 1.807) is 32.0 Å². The van der Waals surface area contributed by atoms with Crippen LogP contribution in [0.5, 0.6) is 5.75 Å². The summed E-state index contributed by atoms with van der Waals surface area (Å²) in [6, 6.07) is 8.65. The fraction of sp³-hybridized carbons (Fsp3) is 0.240. The highest BCUT2D eigenvalue weighted by molar-refractivity contribution is 6.31. The molecule has 0 fully saturated rings. The number of rotatable bonds is 8. The number of carbonyl (C=O) groups excluding carboxylic acids is 1. The summed E-state index contributed by atoms with van der Waals surface area (Å²) in [6.07, 6.45) is 0.758. The van der Waals surface area contributed by atoms with Crippen molar-refractivity contribution in [3.63, 3.8) is 0 Å². The van der Waals surface area contributed by atoms with E-state index in [0.717, 1.165) is 12.3 Å². The molecule has 2 heterocycles. The lowest BCUT2D eigenvalue weighted by Crippen LogP contribution is -2.38. The molecule has 188 valence electrons. The molecule has 0 radical (unpaired) electrons. The zero-order chi connectivity index (χ0) is 26.0. The van der Waals surface area contributed by atoms with Gasteiger partial charge in [-0.3, -0.25) is 4.79 Å². The molecule has 0 saturated carbocycles. The molecule has 11 heteroatoms. The number of amides is 1. The van der Waals surface area contributed by atoms with Crippen LogP contribution in [0.3, 0.4) is 0 Å². The average molecular weight is 517 g/mol. The molecule has 0 unspecified atom stereocenters. The van der Waals surface area contributed by atoms with E-state index in [1.165, 1.54) is 16.9 Å². The topological polar surface area (TPSA) is 110 Å². The maximum Gasteiger partial charge on any atom is 0.251 e. The summed E-state index contributed by atoms with van der Waals surface area (Å²) in [6.45, 7) is 2.55. The predicted molar refractivity (Wildman–Crippen MR) is 129 cm³/mol. The number of para-hydroxylation sites is 1. The number of nitrogens with zero attached hydrogens (tertiary/aromatic N) is 3. The van der Waals surface area contributed by atoms with E-state index in [4.69, 9.17) is 21.4 Å². The number of hydrogen-bond donors (Lipinski definition) is 3. The van der Waals surface area contributed by atoms with Gasteiger partial charge < -0.3 is 20.3 Å². The number of ether oxygens (including phenoxy) is 1. The zero-order valence-electron chi connectivity index (χ0n) is 19.4. The summed E-state index contributed by atoms with van der Waals surface area (Å²) in [7, 11) is 0. The number of pyridine rings is 1. The molecule has 8 nitrogen and oxygen atoms in total. The third-order valence-electron chi connectivity index (χ3n) is 5.57. The molecule has 2 aromatic heterocycles. The molecule has 0 spiro atoms. The quantitative estimate of drug-likeness (QED) is 0.329. The molecule has 2 atom stereocenters. The fourth-order valence-electron chi connectivity index (χ4n) is 3.85. The van der Waals surface area contributed by atoms with Crippen LogP contribution in [-0.4, -0.2) is 43.6 Å². The van der Waals surface area contributed by atoms with E-state index in [1.807, 2.05) is 6.07 Å². The van der Waals surface area contributed by atoms with Crippen LogP contribution in [0.4, 0.5) is 8.78 Å². The molecule has 4 rings (SSSR count). The van der Waals surface area contributed by atoms with Crippen LogP contribution in [-0.2, 0) is 11.4 Å².